The second-order valence-electron chi connectivity index (χ2n) is 10.4. The van der Waals surface area contributed by atoms with Gasteiger partial charge < -0.3 is 79.2 Å². The Morgan fingerprint density at radius 2 is 1.42 bits per heavy atom. The van der Waals surface area contributed by atoms with Gasteiger partial charge in [0.2, 0.25) is 17.5 Å². The number of ether oxygens (including phenoxy) is 5. The Morgan fingerprint density at radius 3 is 2.07 bits per heavy atom. The third kappa shape index (κ3) is 5.98. The van der Waals surface area contributed by atoms with E-state index in [1.54, 1.807) is 0 Å². The molecule has 17 heteroatoms. The molecule has 3 heterocycles. The Bertz CT molecular complexity index is 1570. The fourth-order valence-electron chi connectivity index (χ4n) is 5.11. The van der Waals surface area contributed by atoms with E-state index in [0.717, 1.165) is 12.1 Å². The summed E-state index contributed by atoms with van der Waals surface area (Å²) in [7, 11) is 1.29. The minimum atomic E-state index is -1.90. The van der Waals surface area contributed by atoms with E-state index in [9.17, 15) is 55.9 Å². The normalized spacial score (nSPS) is 32.0. The molecule has 2 fully saturated rings. The van der Waals surface area contributed by atoms with Crippen LogP contribution in [0.15, 0.2) is 39.5 Å². The van der Waals surface area contributed by atoms with Gasteiger partial charge in [-0.25, -0.2) is 0 Å². The van der Waals surface area contributed by atoms with E-state index in [-0.39, 0.29) is 34.2 Å². The number of benzene rings is 2. The summed E-state index contributed by atoms with van der Waals surface area (Å²) in [6, 6.07) is 5.93. The van der Waals surface area contributed by atoms with Crippen LogP contribution in [0.4, 0.5) is 0 Å². The van der Waals surface area contributed by atoms with E-state index in [4.69, 9.17) is 28.1 Å². The molecular formula is C28H32O17. The first-order valence-corrected chi connectivity index (χ1v) is 13.5. The second-order valence-corrected chi connectivity index (χ2v) is 10.4. The highest BCUT2D eigenvalue weighted by molar-refractivity contribution is 5.88. The summed E-state index contributed by atoms with van der Waals surface area (Å²) in [6.45, 7) is -1.57. The minimum Gasteiger partial charge on any atom is -0.507 e. The predicted octanol–water partition coefficient (Wildman–Crippen LogP) is -2.41. The lowest BCUT2D eigenvalue weighted by Gasteiger charge is -2.45. The number of rotatable bonds is 8. The summed E-state index contributed by atoms with van der Waals surface area (Å²) in [4.78, 5) is 13.0. The van der Waals surface area contributed by atoms with Crippen LogP contribution in [0.5, 0.6) is 28.7 Å². The van der Waals surface area contributed by atoms with Gasteiger partial charge in [0.05, 0.1) is 20.3 Å². The van der Waals surface area contributed by atoms with Crippen molar-refractivity contribution in [1.82, 2.24) is 0 Å². The molecule has 2 saturated heterocycles. The number of aromatic hydroxyl groups is 3. The van der Waals surface area contributed by atoms with Crippen LogP contribution in [0.2, 0.25) is 0 Å². The number of aliphatic hydroxyl groups is 7. The first-order valence-electron chi connectivity index (χ1n) is 13.5. The van der Waals surface area contributed by atoms with Gasteiger partial charge in [-0.1, -0.05) is 0 Å². The van der Waals surface area contributed by atoms with E-state index in [2.05, 4.69) is 0 Å². The van der Waals surface area contributed by atoms with Crippen LogP contribution in [0, 0.1) is 0 Å². The molecule has 2 aliphatic heterocycles. The van der Waals surface area contributed by atoms with E-state index in [1.807, 2.05) is 0 Å². The van der Waals surface area contributed by atoms with Crippen LogP contribution in [-0.4, -0.2) is 133 Å². The van der Waals surface area contributed by atoms with E-state index >= 15 is 0 Å². The van der Waals surface area contributed by atoms with Crippen molar-refractivity contribution in [3.8, 4) is 40.1 Å². The molecule has 0 spiro atoms. The fraction of sp³-hybridized carbons (Fsp3) is 0.464. The molecule has 0 amide bonds. The molecule has 45 heavy (non-hydrogen) atoms. The monoisotopic (exact) mass is 640 g/mol. The molecule has 0 aliphatic carbocycles. The van der Waals surface area contributed by atoms with Crippen LogP contribution in [0.3, 0.4) is 0 Å². The van der Waals surface area contributed by atoms with Crippen molar-refractivity contribution in [2.24, 2.45) is 0 Å². The molecule has 5 rings (SSSR count). The molecule has 246 valence electrons. The van der Waals surface area contributed by atoms with Crippen molar-refractivity contribution >= 4 is 11.0 Å². The molecule has 0 saturated carbocycles. The number of hydrogen-bond donors (Lipinski definition) is 10. The fourth-order valence-corrected chi connectivity index (χ4v) is 5.11. The molecule has 10 N–H and O–H groups in total. The molecule has 0 bridgehead atoms. The quantitative estimate of drug-likeness (QED) is 0.123. The highest BCUT2D eigenvalue weighted by Gasteiger charge is 2.51. The van der Waals surface area contributed by atoms with Crippen LogP contribution in [0.25, 0.3) is 22.3 Å². The van der Waals surface area contributed by atoms with Gasteiger partial charge in [-0.3, -0.25) is 4.79 Å². The lowest BCUT2D eigenvalue weighted by Crippen LogP contribution is -2.65. The van der Waals surface area contributed by atoms with Gasteiger partial charge in [-0.15, -0.1) is 0 Å². The molecule has 2 aromatic carbocycles. The largest absolute Gasteiger partial charge is 0.507 e. The van der Waals surface area contributed by atoms with Crippen molar-refractivity contribution in [3.05, 3.63) is 40.6 Å². The predicted molar refractivity (Wildman–Crippen MR) is 146 cm³/mol. The van der Waals surface area contributed by atoms with Gasteiger partial charge in [0, 0.05) is 17.7 Å². The second kappa shape index (κ2) is 12.9. The maximum atomic E-state index is 13.0. The molecule has 17 nitrogen and oxygen atoms in total. The summed E-state index contributed by atoms with van der Waals surface area (Å²) >= 11 is 0. The average molecular weight is 641 g/mol. The number of fused-ring (bicyclic) bond motifs is 1. The molecule has 10 atom stereocenters. The van der Waals surface area contributed by atoms with Crippen molar-refractivity contribution in [2.45, 2.75) is 61.4 Å². The van der Waals surface area contributed by atoms with Gasteiger partial charge in [-0.2, -0.15) is 0 Å². The highest BCUT2D eigenvalue weighted by atomic mass is 16.8. The summed E-state index contributed by atoms with van der Waals surface area (Å²) < 4.78 is 33.1. The topological polar surface area (TPSA) is 279 Å². The summed E-state index contributed by atoms with van der Waals surface area (Å²) in [5.41, 5.74) is -1.19. The summed E-state index contributed by atoms with van der Waals surface area (Å²) in [5.74, 6) is -2.39. The highest BCUT2D eigenvalue weighted by Crippen LogP contribution is 2.39. The van der Waals surface area contributed by atoms with Gasteiger partial charge in [0.15, 0.2) is 29.7 Å². The Labute approximate surface area is 252 Å². The Hall–Kier alpha value is -3.75. The Balaban J connectivity index is 1.51. The van der Waals surface area contributed by atoms with Gasteiger partial charge >= 0.3 is 0 Å². The third-order valence-corrected chi connectivity index (χ3v) is 7.58. The maximum Gasteiger partial charge on any atom is 0.238 e. The van der Waals surface area contributed by atoms with E-state index in [1.165, 1.54) is 25.3 Å². The zero-order chi connectivity index (χ0) is 32.7. The number of phenolic OH excluding ortho intramolecular Hbond substituents is 2. The number of phenols is 2. The lowest BCUT2D eigenvalue weighted by atomic mass is 9.97. The first-order chi connectivity index (χ1) is 21.4. The Kier molecular flexibility index (Phi) is 9.38. The summed E-state index contributed by atoms with van der Waals surface area (Å²) in [5, 5.41) is 102. The SMILES string of the molecule is COc1cc(-c2oc3cc(O[C@@H]4O[C@@H](CO)[C@H](O)[C@@H](O)[C@@H]4O[C@H]4O[C@H](CO)[C@H](O)[C@@H](O)[C@@H]4O)cc(O)c3c(=O)c2O)ccc1O. The standard InChI is InChI=1S/C28H32O17/c1-40-13-4-9(2-3-11(13)31)25-23(38)20(35)17-12(32)5-10(6-14(17)42-25)41-28-26(22(37)19(34)16(8-30)44-28)45-27-24(39)21(36)18(33)15(7-29)43-27/h2-6,15-16,18-19,21-22,24,26-34,36-39H,7-8H2,1H3/t15-,16+,18+,19+,21-,22-,24+,26+,27-,28-/m1/s1. The van der Waals surface area contributed by atoms with Gasteiger partial charge in [0.25, 0.3) is 0 Å². The van der Waals surface area contributed by atoms with Crippen LogP contribution in [-0.2, 0) is 14.2 Å². The number of hydrogen-bond acceptors (Lipinski definition) is 17. The zero-order valence-corrected chi connectivity index (χ0v) is 23.4. The zero-order valence-electron chi connectivity index (χ0n) is 23.4. The van der Waals surface area contributed by atoms with Crippen LogP contribution < -0.4 is 14.9 Å². The lowest BCUT2D eigenvalue weighted by molar-refractivity contribution is -0.357. The smallest absolute Gasteiger partial charge is 0.238 e. The van der Waals surface area contributed by atoms with Crippen molar-refractivity contribution in [2.75, 3.05) is 20.3 Å². The Morgan fingerprint density at radius 1 is 0.778 bits per heavy atom. The number of aliphatic hydroxyl groups excluding tert-OH is 7. The van der Waals surface area contributed by atoms with Gasteiger partial charge in [-0.05, 0) is 18.2 Å². The van der Waals surface area contributed by atoms with Crippen LogP contribution in [0.1, 0.15) is 0 Å². The molecule has 0 radical (unpaired) electrons. The molecule has 0 unspecified atom stereocenters. The minimum absolute atomic E-state index is 0.00801. The van der Waals surface area contributed by atoms with Crippen molar-refractivity contribution in [1.29, 1.82) is 0 Å². The van der Waals surface area contributed by atoms with Crippen molar-refractivity contribution < 1.29 is 79.2 Å². The number of methoxy groups -OCH3 is 1. The van der Waals surface area contributed by atoms with E-state index < -0.39 is 96.9 Å². The molecule has 1 aromatic heterocycles. The average Bonchev–Trinajstić information content (AvgIpc) is 3.02. The maximum absolute atomic E-state index is 13.0. The summed E-state index contributed by atoms with van der Waals surface area (Å²) in [6.07, 6.45) is -17.1. The van der Waals surface area contributed by atoms with Crippen molar-refractivity contribution in [3.63, 3.8) is 0 Å². The van der Waals surface area contributed by atoms with Crippen LogP contribution >= 0.6 is 0 Å². The molecule has 2 aliphatic rings. The molecular weight excluding hydrogens is 608 g/mol. The third-order valence-electron chi connectivity index (χ3n) is 7.58. The molecule has 3 aromatic rings. The van der Waals surface area contributed by atoms with Gasteiger partial charge in [0.1, 0.15) is 65.2 Å². The first kappa shape index (κ1) is 32.6. The van der Waals surface area contributed by atoms with E-state index in [0.29, 0.717) is 0 Å².